The van der Waals surface area contributed by atoms with Crippen LogP contribution in [0.4, 0.5) is 0 Å². The molecule has 0 spiro atoms. The molecule has 0 aliphatic heterocycles. The molecule has 0 aliphatic rings. The fourth-order valence-electron chi connectivity index (χ4n) is 2.51. The third kappa shape index (κ3) is 3.01. The van der Waals surface area contributed by atoms with Crippen LogP contribution in [-0.4, -0.2) is 29.7 Å². The summed E-state index contributed by atoms with van der Waals surface area (Å²) in [5, 5.41) is 0.299. The number of halogens is 1. The minimum absolute atomic E-state index is 0.0506. The Balaban J connectivity index is 2.09. The molecule has 0 atom stereocenters. The highest BCUT2D eigenvalue weighted by Gasteiger charge is 2.15. The van der Waals surface area contributed by atoms with Gasteiger partial charge in [-0.2, -0.15) is 0 Å². The molecule has 0 saturated carbocycles. The van der Waals surface area contributed by atoms with Gasteiger partial charge in [-0.1, -0.05) is 46.3 Å². The molecule has 6 heteroatoms. The first-order valence-corrected chi connectivity index (χ1v) is 9.24. The number of carbonyl (C=O) groups is 2. The van der Waals surface area contributed by atoms with Crippen molar-refractivity contribution < 1.29 is 9.59 Å². The van der Waals surface area contributed by atoms with E-state index in [4.69, 9.17) is 0 Å². The molecule has 3 aromatic rings. The summed E-state index contributed by atoms with van der Waals surface area (Å²) in [5.41, 5.74) is 5.97. The minimum Gasteiger partial charge on any atom is -0.295 e. The second-order valence-corrected chi connectivity index (χ2v) is 6.52. The molecule has 1 heterocycles. The molecule has 0 radical (unpaired) electrons. The number of carbonyl (C=O) groups excluding carboxylic acids is 2. The van der Waals surface area contributed by atoms with Gasteiger partial charge in [-0.05, 0) is 17.9 Å². The predicted molar refractivity (Wildman–Crippen MR) is 101 cm³/mol. The number of fused-ring (bicyclic) bond motifs is 1. The lowest BCUT2D eigenvalue weighted by atomic mass is 9.94. The number of rotatable bonds is 5. The van der Waals surface area contributed by atoms with E-state index in [0.717, 1.165) is 26.9 Å². The molecule has 0 fully saturated rings. The third-order valence-electron chi connectivity index (χ3n) is 3.74. The highest BCUT2D eigenvalue weighted by molar-refractivity contribution is 9.09. The molecule has 0 N–H and O–H groups in total. The molecule has 0 amide bonds. The van der Waals surface area contributed by atoms with E-state index in [-0.39, 0.29) is 11.6 Å². The fourth-order valence-corrected chi connectivity index (χ4v) is 3.66. The molecule has 114 valence electrons. The summed E-state index contributed by atoms with van der Waals surface area (Å²) in [4.78, 5) is 28.2. The molecule has 0 bridgehead atoms. The van der Waals surface area contributed by atoms with Gasteiger partial charge in [0.15, 0.2) is 11.6 Å². The van der Waals surface area contributed by atoms with E-state index in [0.29, 0.717) is 17.2 Å². The lowest BCUT2D eigenvalue weighted by molar-refractivity contribution is 0.101. The van der Waals surface area contributed by atoms with Crippen molar-refractivity contribution in [1.29, 1.82) is 0 Å². The largest absolute Gasteiger partial charge is 0.295 e. The van der Waals surface area contributed by atoms with Crippen molar-refractivity contribution >= 4 is 56.9 Å². The monoisotopic (exact) mass is 385 g/mol. The molecule has 3 nitrogen and oxygen atoms in total. The topological polar surface area (TPSA) is 47.0 Å². The summed E-state index contributed by atoms with van der Waals surface area (Å²) in [6, 6.07) is 11.3. The van der Waals surface area contributed by atoms with Crippen molar-refractivity contribution in [3.63, 3.8) is 0 Å². The maximum Gasteiger partial charge on any atom is 0.174 e. The fraction of sp³-hybridized carbons (Fsp3) is 0.118. The van der Waals surface area contributed by atoms with Gasteiger partial charge in [0, 0.05) is 16.7 Å². The van der Waals surface area contributed by atoms with Crippen LogP contribution in [0.3, 0.4) is 0 Å². The average molecular weight is 386 g/mol. The van der Waals surface area contributed by atoms with Gasteiger partial charge in [0.2, 0.25) is 0 Å². The standard InChI is InChI=1S/C17H13BBrNO2S/c18-7-14(21)11-3-1-10(2-4-11)12-5-6-13(15(22)8-19)17-16(12)20-9-23-17/h1-6,9H,7-8,18H2. The molecule has 23 heavy (non-hydrogen) atoms. The Labute approximate surface area is 147 Å². The molecule has 0 unspecified atom stereocenters. The molecule has 1 aromatic heterocycles. The van der Waals surface area contributed by atoms with Gasteiger partial charge in [0.25, 0.3) is 0 Å². The predicted octanol–water partition coefficient (Wildman–Crippen LogP) is 3.78. The van der Waals surface area contributed by atoms with Crippen LogP contribution in [0.2, 0.25) is 6.32 Å². The van der Waals surface area contributed by atoms with Crippen LogP contribution in [0.5, 0.6) is 0 Å². The van der Waals surface area contributed by atoms with Crippen LogP contribution >= 0.6 is 27.3 Å². The van der Waals surface area contributed by atoms with E-state index in [9.17, 15) is 9.59 Å². The quantitative estimate of drug-likeness (QED) is 0.381. The Kier molecular flexibility index (Phi) is 4.73. The van der Waals surface area contributed by atoms with Gasteiger partial charge in [-0.3, -0.25) is 9.59 Å². The molecule has 3 rings (SSSR count). The van der Waals surface area contributed by atoms with Gasteiger partial charge < -0.3 is 0 Å². The maximum absolute atomic E-state index is 12.0. The summed E-state index contributed by atoms with van der Waals surface area (Å²) >= 11 is 4.69. The SMILES string of the molecule is BCC(=O)c1ccc(-c2ccc(C(=O)CBr)c3scnc23)cc1. The Morgan fingerprint density at radius 1 is 1.09 bits per heavy atom. The average Bonchev–Trinajstić information content (AvgIpc) is 3.09. The minimum atomic E-state index is 0.0506. The summed E-state index contributed by atoms with van der Waals surface area (Å²) in [6.07, 6.45) is 0.499. The molecule has 2 aromatic carbocycles. The van der Waals surface area contributed by atoms with Crippen molar-refractivity contribution in [3.05, 3.63) is 53.0 Å². The van der Waals surface area contributed by atoms with Crippen LogP contribution in [0, 0.1) is 0 Å². The number of thiazole rings is 1. The Bertz CT molecular complexity index is 889. The van der Waals surface area contributed by atoms with E-state index >= 15 is 0 Å². The van der Waals surface area contributed by atoms with E-state index in [1.165, 1.54) is 11.3 Å². The second kappa shape index (κ2) is 6.77. The van der Waals surface area contributed by atoms with E-state index in [2.05, 4.69) is 20.9 Å². The van der Waals surface area contributed by atoms with Crippen molar-refractivity contribution in [3.8, 4) is 11.1 Å². The smallest absolute Gasteiger partial charge is 0.174 e. The highest BCUT2D eigenvalue weighted by Crippen LogP contribution is 2.33. The second-order valence-electron chi connectivity index (χ2n) is 5.10. The summed E-state index contributed by atoms with van der Waals surface area (Å²) in [5.74, 6) is 0.184. The summed E-state index contributed by atoms with van der Waals surface area (Å²) in [6.45, 7) is 0. The van der Waals surface area contributed by atoms with Crippen molar-refractivity contribution in [2.24, 2.45) is 0 Å². The zero-order valence-electron chi connectivity index (χ0n) is 12.5. The summed E-state index contributed by atoms with van der Waals surface area (Å²) < 4.78 is 0.903. The van der Waals surface area contributed by atoms with Crippen molar-refractivity contribution in [2.75, 3.05) is 5.33 Å². The van der Waals surface area contributed by atoms with Crippen LogP contribution in [0.15, 0.2) is 41.9 Å². The Morgan fingerprint density at radius 2 is 1.83 bits per heavy atom. The summed E-state index contributed by atoms with van der Waals surface area (Å²) in [7, 11) is 1.86. The first-order valence-electron chi connectivity index (χ1n) is 7.24. The number of alkyl halides is 1. The highest BCUT2D eigenvalue weighted by atomic mass is 79.9. The first-order chi connectivity index (χ1) is 11.2. The van der Waals surface area contributed by atoms with Gasteiger partial charge >= 0.3 is 0 Å². The van der Waals surface area contributed by atoms with Crippen LogP contribution < -0.4 is 0 Å². The van der Waals surface area contributed by atoms with Gasteiger partial charge in [-0.15, -0.1) is 11.3 Å². The van der Waals surface area contributed by atoms with E-state index < -0.39 is 0 Å². The number of benzene rings is 2. The van der Waals surface area contributed by atoms with E-state index in [1.807, 2.05) is 44.2 Å². The van der Waals surface area contributed by atoms with Gasteiger partial charge in [-0.25, -0.2) is 4.98 Å². The Morgan fingerprint density at radius 3 is 2.48 bits per heavy atom. The molecule has 0 aliphatic carbocycles. The maximum atomic E-state index is 12.0. The zero-order valence-corrected chi connectivity index (χ0v) is 14.9. The van der Waals surface area contributed by atoms with Crippen molar-refractivity contribution in [1.82, 2.24) is 4.98 Å². The molecule has 0 saturated heterocycles. The van der Waals surface area contributed by atoms with E-state index in [1.54, 1.807) is 5.51 Å². The van der Waals surface area contributed by atoms with Crippen LogP contribution in [-0.2, 0) is 0 Å². The van der Waals surface area contributed by atoms with Gasteiger partial charge in [0.1, 0.15) is 7.85 Å². The van der Waals surface area contributed by atoms with Crippen molar-refractivity contribution in [2.45, 2.75) is 6.32 Å². The normalized spacial score (nSPS) is 10.8. The lowest BCUT2D eigenvalue weighted by Crippen LogP contribution is -2.00. The number of ketones is 2. The number of nitrogens with zero attached hydrogens (tertiary/aromatic N) is 1. The van der Waals surface area contributed by atoms with Gasteiger partial charge in [0.05, 0.1) is 21.1 Å². The Hall–Kier alpha value is -1.79. The zero-order chi connectivity index (χ0) is 16.4. The number of Topliss-reactive ketones (excluding diaryl/α,β-unsaturated/α-hetero) is 2. The number of aromatic nitrogens is 1. The van der Waals surface area contributed by atoms with Crippen LogP contribution in [0.25, 0.3) is 21.3 Å². The third-order valence-corrected chi connectivity index (χ3v) is 5.11. The number of hydrogen-bond donors (Lipinski definition) is 0. The van der Waals surface area contributed by atoms with Crippen LogP contribution in [0.1, 0.15) is 20.7 Å². The lowest BCUT2D eigenvalue weighted by Gasteiger charge is -2.07. The molecular formula is C17H13BBrNO2S. The number of hydrogen-bond acceptors (Lipinski definition) is 4. The molecular weight excluding hydrogens is 373 g/mol. The first kappa shape index (κ1) is 16.1.